The number of carbonyl (C=O) groups excluding carboxylic acids is 1. The zero-order valence-electron chi connectivity index (χ0n) is 9.86. The average molecular weight is 250 g/mol. The van der Waals surface area contributed by atoms with E-state index in [1.54, 1.807) is 6.92 Å². The molecule has 0 saturated heterocycles. The molecule has 1 heterocycles. The van der Waals surface area contributed by atoms with Crippen molar-refractivity contribution in [1.29, 1.82) is 0 Å². The predicted octanol–water partition coefficient (Wildman–Crippen LogP) is 1.40. The first-order chi connectivity index (χ1) is 8.52. The second-order valence-electron chi connectivity index (χ2n) is 3.77. The van der Waals surface area contributed by atoms with E-state index in [-0.39, 0.29) is 11.1 Å². The number of methoxy groups -OCH3 is 1. The maximum atomic E-state index is 13.7. The number of aryl methyl sites for hydroxylation is 1. The summed E-state index contributed by atoms with van der Waals surface area (Å²) < 4.78 is 19.3. The number of nitrogens with zero attached hydrogens (tertiary/aromatic N) is 1. The SMILES string of the molecule is COC(=O)c1ccc(-n2[nH]c(C)cc2=O)cc1F. The van der Waals surface area contributed by atoms with Gasteiger partial charge in [-0.25, -0.2) is 13.9 Å². The zero-order valence-corrected chi connectivity index (χ0v) is 9.86. The molecule has 5 nitrogen and oxygen atoms in total. The van der Waals surface area contributed by atoms with Crippen molar-refractivity contribution >= 4 is 5.97 Å². The molecule has 0 bridgehead atoms. The van der Waals surface area contributed by atoms with Crippen LogP contribution in [0, 0.1) is 12.7 Å². The zero-order chi connectivity index (χ0) is 13.3. The van der Waals surface area contributed by atoms with Gasteiger partial charge in [-0.05, 0) is 19.1 Å². The molecule has 1 N–H and O–H groups in total. The number of aromatic amines is 1. The summed E-state index contributed by atoms with van der Waals surface area (Å²) in [6.07, 6.45) is 0. The maximum absolute atomic E-state index is 13.7. The molecule has 2 rings (SSSR count). The number of carbonyl (C=O) groups is 1. The lowest BCUT2D eigenvalue weighted by Crippen LogP contribution is -2.14. The van der Waals surface area contributed by atoms with Crippen LogP contribution < -0.4 is 5.56 Å². The fourth-order valence-electron chi connectivity index (χ4n) is 1.62. The molecule has 0 atom stereocenters. The van der Waals surface area contributed by atoms with Crippen molar-refractivity contribution < 1.29 is 13.9 Å². The molecule has 2 aromatic rings. The number of esters is 1. The monoisotopic (exact) mass is 250 g/mol. The summed E-state index contributed by atoms with van der Waals surface area (Å²) in [7, 11) is 1.18. The van der Waals surface area contributed by atoms with Crippen LogP contribution in [-0.2, 0) is 4.74 Å². The molecule has 18 heavy (non-hydrogen) atoms. The van der Waals surface area contributed by atoms with Crippen molar-refractivity contribution in [3.05, 3.63) is 51.7 Å². The van der Waals surface area contributed by atoms with Gasteiger partial charge in [-0.1, -0.05) is 0 Å². The lowest BCUT2D eigenvalue weighted by Gasteiger charge is -2.05. The minimum atomic E-state index is -0.755. The van der Waals surface area contributed by atoms with Gasteiger partial charge in [0.25, 0.3) is 5.56 Å². The highest BCUT2D eigenvalue weighted by Gasteiger charge is 2.13. The van der Waals surface area contributed by atoms with Gasteiger partial charge in [0.05, 0.1) is 18.4 Å². The van der Waals surface area contributed by atoms with Gasteiger partial charge in [0, 0.05) is 17.8 Å². The maximum Gasteiger partial charge on any atom is 0.340 e. The second kappa shape index (κ2) is 4.48. The van der Waals surface area contributed by atoms with Crippen molar-refractivity contribution in [2.45, 2.75) is 6.92 Å². The standard InChI is InChI=1S/C12H11FN2O3/c1-7-5-11(16)15(14-7)8-3-4-9(10(13)6-8)12(17)18-2/h3-6,14H,1-2H3. The Kier molecular flexibility index (Phi) is 3.01. The third-order valence-electron chi connectivity index (χ3n) is 2.46. The highest BCUT2D eigenvalue weighted by Crippen LogP contribution is 2.13. The Hall–Kier alpha value is -2.37. The van der Waals surface area contributed by atoms with Gasteiger partial charge in [-0.2, -0.15) is 0 Å². The smallest absolute Gasteiger partial charge is 0.340 e. The fourth-order valence-corrected chi connectivity index (χ4v) is 1.62. The van der Waals surface area contributed by atoms with E-state index in [9.17, 15) is 14.0 Å². The minimum absolute atomic E-state index is 0.169. The van der Waals surface area contributed by atoms with Crippen molar-refractivity contribution in [3.63, 3.8) is 0 Å². The largest absolute Gasteiger partial charge is 0.465 e. The van der Waals surface area contributed by atoms with Gasteiger partial charge in [-0.3, -0.25) is 9.89 Å². The molecule has 0 aliphatic carbocycles. The first-order valence-corrected chi connectivity index (χ1v) is 5.20. The second-order valence-corrected chi connectivity index (χ2v) is 3.77. The average Bonchev–Trinajstić information content (AvgIpc) is 2.67. The molecule has 0 aliphatic rings. The Balaban J connectivity index is 2.50. The van der Waals surface area contributed by atoms with Crippen LogP contribution in [0.15, 0.2) is 29.1 Å². The van der Waals surface area contributed by atoms with E-state index < -0.39 is 11.8 Å². The summed E-state index contributed by atoms with van der Waals surface area (Å²) >= 11 is 0. The molecule has 0 saturated carbocycles. The molecular formula is C12H11FN2O3. The molecule has 6 heteroatoms. The van der Waals surface area contributed by atoms with Crippen LogP contribution in [-0.4, -0.2) is 22.9 Å². The number of aromatic nitrogens is 2. The van der Waals surface area contributed by atoms with Crippen LogP contribution in [0.4, 0.5) is 4.39 Å². The third kappa shape index (κ3) is 2.04. The summed E-state index contributed by atoms with van der Waals surface area (Å²) in [5.41, 5.74) is 0.519. The highest BCUT2D eigenvalue weighted by atomic mass is 19.1. The topological polar surface area (TPSA) is 64.1 Å². The Morgan fingerprint density at radius 3 is 2.61 bits per heavy atom. The van der Waals surface area contributed by atoms with Gasteiger partial charge in [0.15, 0.2) is 0 Å². The van der Waals surface area contributed by atoms with E-state index >= 15 is 0 Å². The molecule has 0 amide bonds. The molecule has 0 aliphatic heterocycles. The molecule has 0 spiro atoms. The lowest BCUT2D eigenvalue weighted by atomic mass is 10.2. The summed E-state index contributed by atoms with van der Waals surface area (Å²) in [6, 6.07) is 5.24. The van der Waals surface area contributed by atoms with E-state index in [4.69, 9.17) is 0 Å². The van der Waals surface area contributed by atoms with Crippen LogP contribution in [0.3, 0.4) is 0 Å². The predicted molar refractivity (Wildman–Crippen MR) is 62.4 cm³/mol. The van der Waals surface area contributed by atoms with Crippen molar-refractivity contribution in [1.82, 2.24) is 9.78 Å². The third-order valence-corrected chi connectivity index (χ3v) is 2.46. The normalized spacial score (nSPS) is 10.4. The number of hydrogen-bond acceptors (Lipinski definition) is 3. The van der Waals surface area contributed by atoms with Gasteiger partial charge < -0.3 is 4.74 Å². The number of halogens is 1. The Bertz CT molecular complexity index is 658. The molecule has 1 aromatic heterocycles. The first kappa shape index (κ1) is 12.1. The Morgan fingerprint density at radius 2 is 2.11 bits per heavy atom. The number of rotatable bonds is 2. The van der Waals surface area contributed by atoms with E-state index in [0.717, 1.165) is 6.07 Å². The number of hydrogen-bond donors (Lipinski definition) is 1. The lowest BCUT2D eigenvalue weighted by molar-refractivity contribution is 0.0595. The van der Waals surface area contributed by atoms with Crippen LogP contribution >= 0.6 is 0 Å². The summed E-state index contributed by atoms with van der Waals surface area (Å²) in [5, 5.41) is 2.77. The quantitative estimate of drug-likeness (QED) is 0.819. The molecule has 94 valence electrons. The van der Waals surface area contributed by atoms with E-state index in [1.807, 2.05) is 0 Å². The van der Waals surface area contributed by atoms with E-state index in [0.29, 0.717) is 11.4 Å². The summed E-state index contributed by atoms with van der Waals surface area (Å²) in [4.78, 5) is 22.8. The summed E-state index contributed by atoms with van der Waals surface area (Å²) in [5.74, 6) is -1.49. The van der Waals surface area contributed by atoms with Gasteiger partial charge >= 0.3 is 5.97 Å². The number of H-pyrrole nitrogens is 1. The Morgan fingerprint density at radius 1 is 1.39 bits per heavy atom. The number of nitrogens with one attached hydrogen (secondary N) is 1. The molecule has 0 unspecified atom stereocenters. The van der Waals surface area contributed by atoms with Crippen LogP contribution in [0.1, 0.15) is 16.1 Å². The number of ether oxygens (including phenoxy) is 1. The summed E-state index contributed by atoms with van der Waals surface area (Å²) in [6.45, 7) is 1.72. The van der Waals surface area contributed by atoms with Crippen molar-refractivity contribution in [2.75, 3.05) is 7.11 Å². The molecule has 0 radical (unpaired) electrons. The Labute approximate surface area is 102 Å². The minimum Gasteiger partial charge on any atom is -0.465 e. The van der Waals surface area contributed by atoms with Crippen LogP contribution in [0.25, 0.3) is 5.69 Å². The van der Waals surface area contributed by atoms with Crippen LogP contribution in [0.5, 0.6) is 0 Å². The number of benzene rings is 1. The van der Waals surface area contributed by atoms with Gasteiger partial charge in [0.2, 0.25) is 0 Å². The first-order valence-electron chi connectivity index (χ1n) is 5.20. The van der Waals surface area contributed by atoms with E-state index in [2.05, 4.69) is 9.84 Å². The highest BCUT2D eigenvalue weighted by molar-refractivity contribution is 5.89. The molecular weight excluding hydrogens is 239 g/mol. The molecule has 1 aromatic carbocycles. The van der Waals surface area contributed by atoms with Crippen LogP contribution in [0.2, 0.25) is 0 Å². The van der Waals surface area contributed by atoms with Gasteiger partial charge in [-0.15, -0.1) is 0 Å². The van der Waals surface area contributed by atoms with Crippen molar-refractivity contribution in [2.24, 2.45) is 0 Å². The van der Waals surface area contributed by atoms with Crippen molar-refractivity contribution in [3.8, 4) is 5.69 Å². The van der Waals surface area contributed by atoms with E-state index in [1.165, 1.54) is 30.0 Å². The molecule has 0 fully saturated rings. The fraction of sp³-hybridized carbons (Fsp3) is 0.167. The van der Waals surface area contributed by atoms with Gasteiger partial charge in [0.1, 0.15) is 5.82 Å².